The molecule has 0 bridgehead atoms. The van der Waals surface area contributed by atoms with Crippen molar-refractivity contribution in [3.05, 3.63) is 94.5 Å². The summed E-state index contributed by atoms with van der Waals surface area (Å²) in [6.45, 7) is 0. The number of alkyl halides is 3. The molecule has 3 aromatic carbocycles. The van der Waals surface area contributed by atoms with Crippen LogP contribution in [0.25, 0.3) is 16.7 Å². The van der Waals surface area contributed by atoms with E-state index in [0.717, 1.165) is 12.1 Å². The molecule has 0 saturated heterocycles. The van der Waals surface area contributed by atoms with E-state index in [1.54, 1.807) is 30.3 Å². The van der Waals surface area contributed by atoms with Crippen LogP contribution in [-0.4, -0.2) is 27.5 Å². The molecule has 0 aliphatic rings. The molecule has 35 heavy (non-hydrogen) atoms. The van der Waals surface area contributed by atoms with E-state index in [2.05, 4.69) is 35.5 Å². The van der Waals surface area contributed by atoms with Gasteiger partial charge in [-0.2, -0.15) is 5.10 Å². The van der Waals surface area contributed by atoms with Crippen LogP contribution < -0.4 is 10.2 Å². The van der Waals surface area contributed by atoms with Crippen LogP contribution in [0.15, 0.2) is 77.9 Å². The van der Waals surface area contributed by atoms with Crippen molar-refractivity contribution in [2.24, 2.45) is 5.10 Å². The summed E-state index contributed by atoms with van der Waals surface area (Å²) >= 11 is 5.90. The number of anilines is 1. The van der Waals surface area contributed by atoms with Crippen LogP contribution in [0, 0.1) is 5.82 Å². The Labute approximate surface area is 201 Å². The van der Waals surface area contributed by atoms with Gasteiger partial charge in [0, 0.05) is 16.5 Å². The van der Waals surface area contributed by atoms with Crippen molar-refractivity contribution < 1.29 is 22.3 Å². The molecule has 12 heteroatoms. The Morgan fingerprint density at radius 1 is 0.943 bits per heavy atom. The maximum atomic E-state index is 13.7. The van der Waals surface area contributed by atoms with Gasteiger partial charge >= 0.3 is 6.36 Å². The van der Waals surface area contributed by atoms with E-state index in [9.17, 15) is 17.6 Å². The number of aromatic nitrogens is 3. The molecule has 0 aliphatic carbocycles. The average molecular weight is 502 g/mol. The van der Waals surface area contributed by atoms with Crippen LogP contribution in [0.5, 0.6) is 5.75 Å². The molecule has 0 radical (unpaired) electrons. The van der Waals surface area contributed by atoms with Gasteiger partial charge < -0.3 is 20.0 Å². The highest BCUT2D eigenvalue weighted by Gasteiger charge is 2.30. The standard InChI is InChI=1S/C23H14ClF4N6O/c24-16-6-8-18(9-7-16)30-21-31-20(15-2-1-3-17(25)12-15)32-22(33-21)34-29-13-14-4-10-19(11-5-14)35-23(26,27)28/h1-13H,(H-,30,31,32,33,34)/q-1/b29-13+. The van der Waals surface area contributed by atoms with Gasteiger partial charge in [0.25, 0.3) is 0 Å². The van der Waals surface area contributed by atoms with Crippen LogP contribution >= 0.6 is 11.6 Å². The molecule has 178 valence electrons. The highest BCUT2D eigenvalue weighted by Crippen LogP contribution is 2.30. The second kappa shape index (κ2) is 10.3. The lowest BCUT2D eigenvalue weighted by atomic mass is 10.2. The van der Waals surface area contributed by atoms with Crippen molar-refractivity contribution in [3.8, 4) is 17.1 Å². The molecular formula is C23H14ClF4N6O-. The second-order valence-corrected chi connectivity index (χ2v) is 7.30. The number of nitrogens with one attached hydrogen (secondary N) is 1. The smallest absolute Gasteiger partial charge is 0.406 e. The predicted molar refractivity (Wildman–Crippen MR) is 124 cm³/mol. The molecule has 0 atom stereocenters. The lowest BCUT2D eigenvalue weighted by molar-refractivity contribution is -0.274. The van der Waals surface area contributed by atoms with E-state index in [4.69, 9.17) is 11.6 Å². The van der Waals surface area contributed by atoms with E-state index in [-0.39, 0.29) is 23.5 Å². The van der Waals surface area contributed by atoms with Gasteiger partial charge in [-0.1, -0.05) is 35.9 Å². The fourth-order valence-corrected chi connectivity index (χ4v) is 2.90. The fourth-order valence-electron chi connectivity index (χ4n) is 2.77. The number of benzene rings is 3. The minimum Gasteiger partial charge on any atom is -0.406 e. The molecule has 0 aliphatic heterocycles. The molecule has 7 nitrogen and oxygen atoms in total. The Balaban J connectivity index is 1.56. The van der Waals surface area contributed by atoms with Crippen molar-refractivity contribution in [2.45, 2.75) is 6.36 Å². The van der Waals surface area contributed by atoms with E-state index < -0.39 is 12.2 Å². The monoisotopic (exact) mass is 501 g/mol. The predicted octanol–water partition coefficient (Wildman–Crippen LogP) is 7.01. The number of ether oxygens (including phenoxy) is 1. The van der Waals surface area contributed by atoms with Gasteiger partial charge in [0.1, 0.15) is 11.6 Å². The molecule has 1 N–H and O–H groups in total. The number of hydrazone groups is 1. The van der Waals surface area contributed by atoms with Gasteiger partial charge in [0.2, 0.25) is 0 Å². The summed E-state index contributed by atoms with van der Waals surface area (Å²) in [6, 6.07) is 17.4. The van der Waals surface area contributed by atoms with E-state index >= 15 is 0 Å². The first-order valence-corrected chi connectivity index (χ1v) is 10.3. The molecule has 0 fully saturated rings. The Morgan fingerprint density at radius 3 is 2.37 bits per heavy atom. The summed E-state index contributed by atoms with van der Waals surface area (Å²) in [5.74, 6) is -0.621. The quantitative estimate of drug-likeness (QED) is 0.167. The van der Waals surface area contributed by atoms with Crippen molar-refractivity contribution in [3.63, 3.8) is 0 Å². The normalized spacial score (nSPS) is 11.5. The van der Waals surface area contributed by atoms with Gasteiger partial charge in [-0.3, -0.25) is 5.43 Å². The first-order chi connectivity index (χ1) is 16.7. The van der Waals surface area contributed by atoms with Gasteiger partial charge in [0.05, 0.1) is 12.0 Å². The topological polar surface area (TPSA) is 86.4 Å². The highest BCUT2D eigenvalue weighted by atomic mass is 35.5. The first kappa shape index (κ1) is 23.9. The van der Waals surface area contributed by atoms with Crippen molar-refractivity contribution in [2.75, 3.05) is 5.43 Å². The number of halogens is 5. The molecule has 0 unspecified atom stereocenters. The molecule has 0 spiro atoms. The summed E-state index contributed by atoms with van der Waals surface area (Å²) in [5.41, 5.74) is 4.04. The molecule has 1 heterocycles. The third kappa shape index (κ3) is 7.11. The van der Waals surface area contributed by atoms with Crippen LogP contribution in [0.2, 0.25) is 5.02 Å². The largest absolute Gasteiger partial charge is 0.573 e. The zero-order valence-corrected chi connectivity index (χ0v) is 18.3. The van der Waals surface area contributed by atoms with E-state index in [0.29, 0.717) is 21.8 Å². The van der Waals surface area contributed by atoms with Crippen LogP contribution in [-0.2, 0) is 0 Å². The van der Waals surface area contributed by atoms with Crippen LogP contribution in [0.1, 0.15) is 5.56 Å². The Hall–Kier alpha value is -4.25. The summed E-state index contributed by atoms with van der Waals surface area (Å²) in [4.78, 5) is 12.7. The zero-order valence-electron chi connectivity index (χ0n) is 17.5. The summed E-state index contributed by atoms with van der Waals surface area (Å²) in [5, 5.41) is 8.89. The molecule has 4 rings (SSSR count). The van der Waals surface area contributed by atoms with Crippen molar-refractivity contribution in [1.82, 2.24) is 15.0 Å². The Kier molecular flexibility index (Phi) is 7.06. The van der Waals surface area contributed by atoms with Crippen molar-refractivity contribution in [1.29, 1.82) is 0 Å². The third-order valence-electron chi connectivity index (χ3n) is 4.25. The van der Waals surface area contributed by atoms with Crippen LogP contribution in [0.3, 0.4) is 0 Å². The van der Waals surface area contributed by atoms with E-state index in [1.807, 2.05) is 0 Å². The SMILES string of the molecule is Fc1cccc(-c2nc([N-]c3ccc(Cl)cc3)nc(N/N=C/c3ccc(OC(F)(F)F)cc3)n2)c1. The molecule has 4 aromatic rings. The summed E-state index contributed by atoms with van der Waals surface area (Å²) in [6.07, 6.45) is -3.43. The average Bonchev–Trinajstić information content (AvgIpc) is 2.81. The Morgan fingerprint density at radius 2 is 1.69 bits per heavy atom. The second-order valence-electron chi connectivity index (χ2n) is 6.87. The zero-order chi connectivity index (χ0) is 24.8. The Bertz CT molecular complexity index is 1330. The number of hydrogen-bond donors (Lipinski definition) is 1. The lowest BCUT2D eigenvalue weighted by Crippen LogP contribution is -2.17. The lowest BCUT2D eigenvalue weighted by Gasteiger charge is -2.17. The van der Waals surface area contributed by atoms with Gasteiger partial charge in [-0.25, -0.2) is 9.37 Å². The van der Waals surface area contributed by atoms with Crippen molar-refractivity contribution >= 4 is 35.4 Å². The highest BCUT2D eigenvalue weighted by molar-refractivity contribution is 6.30. The third-order valence-corrected chi connectivity index (χ3v) is 4.51. The number of nitrogens with zero attached hydrogens (tertiary/aromatic N) is 5. The minimum absolute atomic E-state index is 0.0141. The number of rotatable bonds is 7. The molecule has 0 saturated carbocycles. The fraction of sp³-hybridized carbons (Fsp3) is 0.0435. The maximum Gasteiger partial charge on any atom is 0.573 e. The van der Waals surface area contributed by atoms with Crippen LogP contribution in [0.4, 0.5) is 35.1 Å². The number of hydrogen-bond acceptors (Lipinski definition) is 6. The molecule has 1 aromatic heterocycles. The first-order valence-electron chi connectivity index (χ1n) is 9.88. The van der Waals surface area contributed by atoms with Gasteiger partial charge in [-0.15, -0.1) is 13.2 Å². The van der Waals surface area contributed by atoms with Gasteiger partial charge in [0.15, 0.2) is 5.95 Å². The maximum absolute atomic E-state index is 13.7. The molecular weight excluding hydrogens is 488 g/mol. The van der Waals surface area contributed by atoms with Gasteiger partial charge in [-0.05, 0) is 59.8 Å². The summed E-state index contributed by atoms with van der Waals surface area (Å²) in [7, 11) is 0. The summed E-state index contributed by atoms with van der Waals surface area (Å²) < 4.78 is 54.4. The molecule has 0 amide bonds. The van der Waals surface area contributed by atoms with E-state index in [1.165, 1.54) is 36.5 Å². The minimum atomic E-state index is -4.77.